The third-order valence-corrected chi connectivity index (χ3v) is 6.76. The van der Waals surface area contributed by atoms with Gasteiger partial charge in [-0.25, -0.2) is 0 Å². The molecule has 2 atom stereocenters. The maximum absolute atomic E-state index is 13.0. The summed E-state index contributed by atoms with van der Waals surface area (Å²) in [6, 6.07) is 4.45. The molecule has 1 aromatic rings. The first-order chi connectivity index (χ1) is 13.0. The fraction of sp³-hybridized carbons (Fsp3) is 0.550. The summed E-state index contributed by atoms with van der Waals surface area (Å²) in [5, 5.41) is 13.6. The van der Waals surface area contributed by atoms with E-state index in [1.165, 1.54) is 11.0 Å². The number of fused-ring (bicyclic) bond motifs is 2. The van der Waals surface area contributed by atoms with Crippen molar-refractivity contribution in [1.82, 2.24) is 4.90 Å². The lowest BCUT2D eigenvalue weighted by Crippen LogP contribution is -2.59. The van der Waals surface area contributed by atoms with Gasteiger partial charge in [0.2, 0.25) is 17.7 Å². The summed E-state index contributed by atoms with van der Waals surface area (Å²) in [6.45, 7) is 7.47. The molecule has 3 rings (SSSR count). The van der Waals surface area contributed by atoms with Gasteiger partial charge in [-0.3, -0.25) is 29.4 Å². The van der Waals surface area contributed by atoms with Crippen LogP contribution in [0.15, 0.2) is 18.2 Å². The molecule has 1 aromatic carbocycles. The fourth-order valence-electron chi connectivity index (χ4n) is 4.43. The standard InChI is InChI=1S/C20H25N3O5/c1-12-5-6-13(11-15(12)23(27)28)21-16(24)8-10-22-17(25)14-7-9-20(4,18(22)26)19(14,2)3/h5-6,11,14H,7-10H2,1-4H3,(H,21,24). The fourth-order valence-corrected chi connectivity index (χ4v) is 4.43. The molecule has 8 heteroatoms. The summed E-state index contributed by atoms with van der Waals surface area (Å²) in [4.78, 5) is 49.8. The van der Waals surface area contributed by atoms with E-state index in [0.717, 1.165) is 0 Å². The summed E-state index contributed by atoms with van der Waals surface area (Å²) in [6.07, 6.45) is 1.30. The average molecular weight is 387 g/mol. The summed E-state index contributed by atoms with van der Waals surface area (Å²) in [5.74, 6) is -1.03. The zero-order valence-electron chi connectivity index (χ0n) is 16.6. The number of hydrogen-bond acceptors (Lipinski definition) is 5. The Morgan fingerprint density at radius 1 is 1.32 bits per heavy atom. The molecule has 1 saturated heterocycles. The van der Waals surface area contributed by atoms with Crippen LogP contribution in [0, 0.1) is 33.8 Å². The van der Waals surface area contributed by atoms with Crippen LogP contribution >= 0.6 is 0 Å². The first-order valence-electron chi connectivity index (χ1n) is 9.40. The predicted molar refractivity (Wildman–Crippen MR) is 102 cm³/mol. The highest BCUT2D eigenvalue weighted by Gasteiger charge is 2.64. The van der Waals surface area contributed by atoms with Gasteiger partial charge in [0, 0.05) is 36.2 Å². The van der Waals surface area contributed by atoms with Crippen molar-refractivity contribution in [1.29, 1.82) is 0 Å². The molecule has 2 fully saturated rings. The molecule has 2 unspecified atom stereocenters. The molecule has 28 heavy (non-hydrogen) atoms. The van der Waals surface area contributed by atoms with Crippen molar-refractivity contribution in [2.24, 2.45) is 16.7 Å². The maximum Gasteiger partial charge on any atom is 0.274 e. The van der Waals surface area contributed by atoms with Gasteiger partial charge in [-0.2, -0.15) is 0 Å². The van der Waals surface area contributed by atoms with Crippen molar-refractivity contribution in [3.05, 3.63) is 33.9 Å². The quantitative estimate of drug-likeness (QED) is 0.474. The Balaban J connectivity index is 1.67. The van der Waals surface area contributed by atoms with Crippen molar-refractivity contribution in [2.75, 3.05) is 11.9 Å². The number of benzene rings is 1. The Kier molecular flexibility index (Phi) is 4.77. The second-order valence-electron chi connectivity index (χ2n) is 8.50. The van der Waals surface area contributed by atoms with Crippen LogP contribution in [0.25, 0.3) is 0 Å². The molecule has 1 aliphatic heterocycles. The lowest BCUT2D eigenvalue weighted by molar-refractivity contribution is -0.385. The van der Waals surface area contributed by atoms with E-state index in [2.05, 4.69) is 5.32 Å². The Morgan fingerprint density at radius 3 is 2.64 bits per heavy atom. The van der Waals surface area contributed by atoms with E-state index in [4.69, 9.17) is 0 Å². The lowest BCUT2D eigenvalue weighted by atomic mass is 9.62. The van der Waals surface area contributed by atoms with Crippen LogP contribution in [0.3, 0.4) is 0 Å². The molecule has 2 bridgehead atoms. The lowest BCUT2D eigenvalue weighted by Gasteiger charge is -2.47. The summed E-state index contributed by atoms with van der Waals surface area (Å²) in [5.41, 5.74) is -0.253. The number of nitrogens with one attached hydrogen (secondary N) is 1. The minimum Gasteiger partial charge on any atom is -0.326 e. The molecule has 1 saturated carbocycles. The SMILES string of the molecule is Cc1ccc(NC(=O)CCN2C(=O)C3CCC(C)(C2=O)C3(C)C)cc1[N+](=O)[O-]. The second-order valence-corrected chi connectivity index (χ2v) is 8.50. The molecule has 1 heterocycles. The predicted octanol–water partition coefficient (Wildman–Crippen LogP) is 3.04. The van der Waals surface area contributed by atoms with Crippen molar-refractivity contribution < 1.29 is 19.3 Å². The maximum atomic E-state index is 13.0. The van der Waals surface area contributed by atoms with E-state index < -0.39 is 16.2 Å². The molecule has 1 aliphatic carbocycles. The highest BCUT2D eigenvalue weighted by atomic mass is 16.6. The van der Waals surface area contributed by atoms with Gasteiger partial charge in [-0.05, 0) is 31.2 Å². The van der Waals surface area contributed by atoms with Crippen LogP contribution in [-0.2, 0) is 14.4 Å². The number of carbonyl (C=O) groups is 3. The second kappa shape index (κ2) is 6.68. The molecule has 8 nitrogen and oxygen atoms in total. The number of likely N-dealkylation sites (tertiary alicyclic amines) is 1. The highest BCUT2D eigenvalue weighted by Crippen LogP contribution is 2.60. The Morgan fingerprint density at radius 2 is 2.00 bits per heavy atom. The minimum atomic E-state index is -0.598. The largest absolute Gasteiger partial charge is 0.326 e. The van der Waals surface area contributed by atoms with Gasteiger partial charge in [0.05, 0.1) is 10.3 Å². The van der Waals surface area contributed by atoms with E-state index in [-0.39, 0.29) is 41.8 Å². The monoisotopic (exact) mass is 387 g/mol. The van der Waals surface area contributed by atoms with Crippen LogP contribution in [0.5, 0.6) is 0 Å². The van der Waals surface area contributed by atoms with E-state index in [9.17, 15) is 24.5 Å². The molecule has 2 aliphatic rings. The topological polar surface area (TPSA) is 110 Å². The Bertz CT molecular complexity index is 879. The van der Waals surface area contributed by atoms with Gasteiger partial charge in [-0.15, -0.1) is 0 Å². The van der Waals surface area contributed by atoms with Crippen LogP contribution in [0.1, 0.15) is 45.6 Å². The minimum absolute atomic E-state index is 0.0135. The molecular weight excluding hydrogens is 362 g/mol. The van der Waals surface area contributed by atoms with Gasteiger partial charge in [0.15, 0.2) is 0 Å². The molecule has 0 spiro atoms. The van der Waals surface area contributed by atoms with Crippen molar-refractivity contribution >= 4 is 29.1 Å². The zero-order valence-corrected chi connectivity index (χ0v) is 16.6. The van der Waals surface area contributed by atoms with Gasteiger partial charge >= 0.3 is 0 Å². The Labute approximate surface area is 163 Å². The number of imide groups is 1. The number of carbonyl (C=O) groups excluding carboxylic acids is 3. The third-order valence-electron chi connectivity index (χ3n) is 6.76. The van der Waals surface area contributed by atoms with E-state index >= 15 is 0 Å². The molecule has 3 amide bonds. The van der Waals surface area contributed by atoms with Crippen LogP contribution in [-0.4, -0.2) is 34.1 Å². The highest BCUT2D eigenvalue weighted by molar-refractivity contribution is 6.04. The van der Waals surface area contributed by atoms with Crippen molar-refractivity contribution in [3.63, 3.8) is 0 Å². The first-order valence-corrected chi connectivity index (χ1v) is 9.40. The van der Waals surface area contributed by atoms with Gasteiger partial charge < -0.3 is 5.32 Å². The smallest absolute Gasteiger partial charge is 0.274 e. The van der Waals surface area contributed by atoms with E-state index in [1.807, 2.05) is 20.8 Å². The number of amides is 3. The number of piperidine rings is 1. The summed E-state index contributed by atoms with van der Waals surface area (Å²) < 4.78 is 0. The molecule has 0 aromatic heterocycles. The summed E-state index contributed by atoms with van der Waals surface area (Å²) >= 11 is 0. The first kappa shape index (κ1) is 20.0. The van der Waals surface area contributed by atoms with E-state index in [0.29, 0.717) is 24.1 Å². The molecule has 1 N–H and O–H groups in total. The number of nitro groups is 1. The molecule has 0 radical (unpaired) electrons. The number of aryl methyl sites for hydroxylation is 1. The van der Waals surface area contributed by atoms with Crippen molar-refractivity contribution in [3.8, 4) is 0 Å². The number of hydrogen-bond donors (Lipinski definition) is 1. The van der Waals surface area contributed by atoms with Crippen LogP contribution in [0.4, 0.5) is 11.4 Å². The third kappa shape index (κ3) is 2.96. The number of anilines is 1. The summed E-state index contributed by atoms with van der Waals surface area (Å²) in [7, 11) is 0. The Hall–Kier alpha value is -2.77. The van der Waals surface area contributed by atoms with Crippen LogP contribution < -0.4 is 5.32 Å². The van der Waals surface area contributed by atoms with Crippen LogP contribution in [0.2, 0.25) is 0 Å². The van der Waals surface area contributed by atoms with Gasteiger partial charge in [-0.1, -0.05) is 26.8 Å². The normalized spacial score (nSPS) is 25.7. The number of nitrogens with zero attached hydrogens (tertiary/aromatic N) is 2. The zero-order chi connectivity index (χ0) is 20.9. The molecular formula is C20H25N3O5. The van der Waals surface area contributed by atoms with Gasteiger partial charge in [0.1, 0.15) is 0 Å². The molecule has 150 valence electrons. The number of nitro benzene ring substituents is 1. The van der Waals surface area contributed by atoms with E-state index in [1.54, 1.807) is 19.1 Å². The average Bonchev–Trinajstić information content (AvgIpc) is 2.80. The number of rotatable bonds is 5. The van der Waals surface area contributed by atoms with Gasteiger partial charge in [0.25, 0.3) is 5.69 Å². The van der Waals surface area contributed by atoms with Crippen molar-refractivity contribution in [2.45, 2.75) is 47.0 Å².